The van der Waals surface area contributed by atoms with Crippen LogP contribution in [0.1, 0.15) is 6.92 Å². The number of ether oxygens (including phenoxy) is 1. The van der Waals surface area contributed by atoms with Crippen molar-refractivity contribution in [1.29, 1.82) is 0 Å². The number of amides is 1. The molecule has 66 valence electrons. The van der Waals surface area contributed by atoms with Gasteiger partial charge in [-0.05, 0) is 13.0 Å². The average Bonchev–Trinajstić information content (AvgIpc) is 2.02. The summed E-state index contributed by atoms with van der Waals surface area (Å²) < 4.78 is 4.39. The van der Waals surface area contributed by atoms with Crippen LogP contribution < -0.4 is 5.73 Å². The van der Waals surface area contributed by atoms with Gasteiger partial charge in [0.15, 0.2) is 0 Å². The van der Waals surface area contributed by atoms with Crippen molar-refractivity contribution in [3.05, 3.63) is 23.8 Å². The Kier molecular flexibility index (Phi) is 3.76. The highest BCUT2D eigenvalue weighted by Crippen LogP contribution is 2.00. The summed E-state index contributed by atoms with van der Waals surface area (Å²) in [5.74, 6) is -1.16. The normalized spacial score (nSPS) is 10.7. The van der Waals surface area contributed by atoms with Crippen molar-refractivity contribution < 1.29 is 14.3 Å². The lowest BCUT2D eigenvalue weighted by Gasteiger charge is -1.98. The van der Waals surface area contributed by atoms with Crippen LogP contribution in [0.15, 0.2) is 23.8 Å². The first-order chi connectivity index (χ1) is 5.49. The Bertz CT molecular complexity index is 253. The Morgan fingerprint density at radius 1 is 1.50 bits per heavy atom. The van der Waals surface area contributed by atoms with Crippen molar-refractivity contribution >= 4 is 11.9 Å². The largest absolute Gasteiger partial charge is 0.466 e. The molecule has 0 bridgehead atoms. The molecule has 0 atom stereocenters. The minimum Gasteiger partial charge on any atom is -0.466 e. The molecule has 0 aromatic rings. The first kappa shape index (κ1) is 10.4. The maximum atomic E-state index is 10.8. The molecular formula is C8H11NO3. The minimum absolute atomic E-state index is 0.0814. The van der Waals surface area contributed by atoms with Gasteiger partial charge in [-0.15, -0.1) is 0 Å². The summed E-state index contributed by atoms with van der Waals surface area (Å²) >= 11 is 0. The van der Waals surface area contributed by atoms with Crippen molar-refractivity contribution in [3.63, 3.8) is 0 Å². The molecule has 0 saturated carbocycles. The highest BCUT2D eigenvalue weighted by Gasteiger charge is 2.05. The number of rotatable bonds is 3. The summed E-state index contributed by atoms with van der Waals surface area (Å²) in [7, 11) is 1.26. The molecule has 0 fully saturated rings. The van der Waals surface area contributed by atoms with Gasteiger partial charge in [-0.2, -0.15) is 0 Å². The van der Waals surface area contributed by atoms with Crippen LogP contribution in [-0.4, -0.2) is 19.0 Å². The zero-order valence-electron chi connectivity index (χ0n) is 7.09. The van der Waals surface area contributed by atoms with Gasteiger partial charge in [0.2, 0.25) is 5.91 Å². The quantitative estimate of drug-likeness (QED) is 0.371. The zero-order chi connectivity index (χ0) is 9.72. The number of primary amides is 1. The fourth-order valence-corrected chi connectivity index (χ4v) is 0.552. The Balaban J connectivity index is 4.46. The van der Waals surface area contributed by atoms with Crippen LogP contribution in [0.25, 0.3) is 0 Å². The number of hydrogen-bond donors (Lipinski definition) is 1. The third kappa shape index (κ3) is 3.01. The number of esters is 1. The molecule has 0 unspecified atom stereocenters. The van der Waals surface area contributed by atoms with E-state index in [9.17, 15) is 9.59 Å². The van der Waals surface area contributed by atoms with Gasteiger partial charge in [0.25, 0.3) is 0 Å². The molecule has 1 amide bonds. The van der Waals surface area contributed by atoms with Gasteiger partial charge < -0.3 is 10.5 Å². The molecule has 0 radical (unpaired) electrons. The van der Waals surface area contributed by atoms with E-state index in [-0.39, 0.29) is 5.57 Å². The Morgan fingerprint density at radius 3 is 2.33 bits per heavy atom. The third-order valence-electron chi connectivity index (χ3n) is 1.21. The number of nitrogens with two attached hydrogens (primary N) is 1. The van der Waals surface area contributed by atoms with Crippen LogP contribution >= 0.6 is 0 Å². The lowest BCUT2D eigenvalue weighted by atomic mass is 10.2. The van der Waals surface area contributed by atoms with Crippen LogP contribution in [0.2, 0.25) is 0 Å². The maximum absolute atomic E-state index is 10.8. The first-order valence-corrected chi connectivity index (χ1v) is 3.24. The van der Waals surface area contributed by atoms with Crippen LogP contribution in [0.5, 0.6) is 0 Å². The molecule has 0 aromatic heterocycles. The van der Waals surface area contributed by atoms with Crippen molar-refractivity contribution in [2.24, 2.45) is 5.73 Å². The molecule has 0 aliphatic rings. The summed E-state index contributed by atoms with van der Waals surface area (Å²) in [5.41, 5.74) is 5.26. The van der Waals surface area contributed by atoms with Gasteiger partial charge in [-0.25, -0.2) is 4.79 Å². The SMILES string of the molecule is C=C(/C=C(\C)C(=O)OC)C(N)=O. The molecule has 0 heterocycles. The minimum atomic E-state index is -0.654. The van der Waals surface area contributed by atoms with E-state index in [0.29, 0.717) is 5.57 Å². The Hall–Kier alpha value is -1.58. The van der Waals surface area contributed by atoms with Crippen LogP contribution in [0.4, 0.5) is 0 Å². The van der Waals surface area contributed by atoms with E-state index in [2.05, 4.69) is 11.3 Å². The molecule has 0 rings (SSSR count). The van der Waals surface area contributed by atoms with Gasteiger partial charge in [-0.1, -0.05) is 6.58 Å². The Labute approximate surface area is 70.7 Å². The second-order valence-corrected chi connectivity index (χ2v) is 2.21. The lowest BCUT2D eigenvalue weighted by Crippen LogP contribution is -2.12. The predicted molar refractivity (Wildman–Crippen MR) is 44.1 cm³/mol. The first-order valence-electron chi connectivity index (χ1n) is 3.24. The molecule has 0 aliphatic heterocycles. The van der Waals surface area contributed by atoms with Crippen LogP contribution in [0.3, 0.4) is 0 Å². The molecule has 4 heteroatoms. The van der Waals surface area contributed by atoms with E-state index < -0.39 is 11.9 Å². The molecule has 0 aliphatic carbocycles. The summed E-state index contributed by atoms with van der Waals surface area (Å²) in [6.07, 6.45) is 1.29. The highest BCUT2D eigenvalue weighted by atomic mass is 16.5. The van der Waals surface area contributed by atoms with E-state index in [4.69, 9.17) is 5.73 Å². The molecule has 2 N–H and O–H groups in total. The highest BCUT2D eigenvalue weighted by molar-refractivity contribution is 5.97. The summed E-state index contributed by atoms with van der Waals surface area (Å²) in [6.45, 7) is 4.87. The van der Waals surface area contributed by atoms with Crippen molar-refractivity contribution in [3.8, 4) is 0 Å². The molecule has 12 heavy (non-hydrogen) atoms. The van der Waals surface area contributed by atoms with Crippen molar-refractivity contribution in [2.45, 2.75) is 6.92 Å². The van der Waals surface area contributed by atoms with E-state index >= 15 is 0 Å². The number of carbonyl (C=O) groups excluding carboxylic acids is 2. The van der Waals surface area contributed by atoms with Crippen molar-refractivity contribution in [2.75, 3.05) is 7.11 Å². The second kappa shape index (κ2) is 4.33. The van der Waals surface area contributed by atoms with Gasteiger partial charge in [0.1, 0.15) is 0 Å². The van der Waals surface area contributed by atoms with E-state index in [0.717, 1.165) is 0 Å². The van der Waals surface area contributed by atoms with Gasteiger partial charge in [0, 0.05) is 11.1 Å². The van der Waals surface area contributed by atoms with Gasteiger partial charge >= 0.3 is 5.97 Å². The average molecular weight is 169 g/mol. The molecule has 0 saturated heterocycles. The molecule has 4 nitrogen and oxygen atoms in total. The van der Waals surface area contributed by atoms with Crippen molar-refractivity contribution in [1.82, 2.24) is 0 Å². The maximum Gasteiger partial charge on any atom is 0.333 e. The van der Waals surface area contributed by atoms with E-state index in [1.54, 1.807) is 0 Å². The monoisotopic (exact) mass is 169 g/mol. The summed E-state index contributed by atoms with van der Waals surface area (Å²) in [4.78, 5) is 21.3. The third-order valence-corrected chi connectivity index (χ3v) is 1.21. The lowest BCUT2D eigenvalue weighted by molar-refractivity contribution is -0.136. The van der Waals surface area contributed by atoms with Gasteiger partial charge in [-0.3, -0.25) is 4.79 Å². The zero-order valence-corrected chi connectivity index (χ0v) is 7.09. The van der Waals surface area contributed by atoms with Gasteiger partial charge in [0.05, 0.1) is 7.11 Å². The van der Waals surface area contributed by atoms with Crippen LogP contribution in [0, 0.1) is 0 Å². The second-order valence-electron chi connectivity index (χ2n) is 2.21. The number of carbonyl (C=O) groups is 2. The Morgan fingerprint density at radius 2 is 2.00 bits per heavy atom. The molecular weight excluding hydrogens is 158 g/mol. The number of methoxy groups -OCH3 is 1. The topological polar surface area (TPSA) is 69.4 Å². The number of hydrogen-bond acceptors (Lipinski definition) is 3. The fourth-order valence-electron chi connectivity index (χ4n) is 0.552. The molecule has 0 aromatic carbocycles. The van der Waals surface area contributed by atoms with E-state index in [1.165, 1.54) is 20.1 Å². The smallest absolute Gasteiger partial charge is 0.333 e. The standard InChI is InChI=1S/C8H11NO3/c1-5(7(9)10)4-6(2)8(11)12-3/h4H,1H2,2-3H3,(H2,9,10)/b6-4+. The fraction of sp³-hybridized carbons (Fsp3) is 0.250. The van der Waals surface area contributed by atoms with E-state index in [1.807, 2.05) is 0 Å². The summed E-state index contributed by atoms with van der Waals surface area (Å²) in [5, 5.41) is 0. The van der Waals surface area contributed by atoms with Crippen LogP contribution in [-0.2, 0) is 14.3 Å². The summed E-state index contributed by atoms with van der Waals surface area (Å²) in [6, 6.07) is 0. The molecule has 0 spiro atoms. The predicted octanol–water partition coefficient (Wildman–Crippen LogP) is 0.147.